The Balaban J connectivity index is 2.88. The van der Waals surface area contributed by atoms with Crippen LogP contribution in [0.2, 0.25) is 0 Å². The molecule has 0 bridgehead atoms. The SMILES string of the molecule is COc1cc(C)c(C(N)CCO)cn1. The van der Waals surface area contributed by atoms with Gasteiger partial charge in [0.1, 0.15) is 0 Å². The third-order valence-corrected chi connectivity index (χ3v) is 2.17. The Hall–Kier alpha value is -1.13. The first-order valence-corrected chi connectivity index (χ1v) is 4.56. The predicted molar refractivity (Wildman–Crippen MR) is 54.2 cm³/mol. The quantitative estimate of drug-likeness (QED) is 0.746. The summed E-state index contributed by atoms with van der Waals surface area (Å²) in [5, 5.41) is 8.76. The maximum Gasteiger partial charge on any atom is 0.213 e. The molecular weight excluding hydrogens is 180 g/mol. The second-order valence-electron chi connectivity index (χ2n) is 3.20. The Bertz CT molecular complexity index is 302. The van der Waals surface area contributed by atoms with Crippen LogP contribution in [0.4, 0.5) is 0 Å². The van der Waals surface area contributed by atoms with Gasteiger partial charge in [-0.15, -0.1) is 0 Å². The van der Waals surface area contributed by atoms with E-state index in [9.17, 15) is 0 Å². The second-order valence-corrected chi connectivity index (χ2v) is 3.20. The highest BCUT2D eigenvalue weighted by atomic mass is 16.5. The van der Waals surface area contributed by atoms with Crippen LogP contribution in [-0.2, 0) is 0 Å². The zero-order valence-corrected chi connectivity index (χ0v) is 8.53. The van der Waals surface area contributed by atoms with Gasteiger partial charge in [-0.25, -0.2) is 4.98 Å². The molecule has 0 aliphatic carbocycles. The van der Waals surface area contributed by atoms with Crippen molar-refractivity contribution in [2.24, 2.45) is 5.73 Å². The molecule has 78 valence electrons. The Morgan fingerprint density at radius 2 is 2.36 bits per heavy atom. The van der Waals surface area contributed by atoms with Gasteiger partial charge in [0.25, 0.3) is 0 Å². The van der Waals surface area contributed by atoms with Crippen LogP contribution in [-0.4, -0.2) is 23.8 Å². The molecule has 4 heteroatoms. The molecule has 0 amide bonds. The minimum absolute atomic E-state index is 0.0899. The smallest absolute Gasteiger partial charge is 0.213 e. The van der Waals surface area contributed by atoms with Crippen molar-refractivity contribution in [1.82, 2.24) is 4.98 Å². The van der Waals surface area contributed by atoms with Crippen LogP contribution in [0.15, 0.2) is 12.3 Å². The first kappa shape index (κ1) is 10.9. The van der Waals surface area contributed by atoms with E-state index in [4.69, 9.17) is 15.6 Å². The van der Waals surface area contributed by atoms with Crippen LogP contribution in [0, 0.1) is 6.92 Å². The second kappa shape index (κ2) is 4.93. The number of methoxy groups -OCH3 is 1. The van der Waals surface area contributed by atoms with Gasteiger partial charge in [-0.3, -0.25) is 0 Å². The minimum Gasteiger partial charge on any atom is -0.481 e. The number of aromatic nitrogens is 1. The Labute approximate surface area is 83.7 Å². The van der Waals surface area contributed by atoms with Gasteiger partial charge in [0, 0.05) is 24.9 Å². The molecule has 0 aromatic carbocycles. The average Bonchev–Trinajstić information content (AvgIpc) is 2.17. The Kier molecular flexibility index (Phi) is 3.85. The van der Waals surface area contributed by atoms with E-state index in [2.05, 4.69) is 4.98 Å². The van der Waals surface area contributed by atoms with Crippen LogP contribution in [0.5, 0.6) is 5.88 Å². The number of aliphatic hydroxyl groups is 1. The highest BCUT2D eigenvalue weighted by molar-refractivity contribution is 5.30. The van der Waals surface area contributed by atoms with Crippen LogP contribution >= 0.6 is 0 Å². The first-order chi connectivity index (χ1) is 6.69. The summed E-state index contributed by atoms with van der Waals surface area (Å²) in [6.07, 6.45) is 2.25. The summed E-state index contributed by atoms with van der Waals surface area (Å²) in [4.78, 5) is 4.08. The maximum atomic E-state index is 8.76. The Morgan fingerprint density at radius 3 is 2.86 bits per heavy atom. The van der Waals surface area contributed by atoms with E-state index in [1.165, 1.54) is 0 Å². The molecule has 1 atom stereocenters. The van der Waals surface area contributed by atoms with Crippen molar-refractivity contribution >= 4 is 0 Å². The molecule has 0 fully saturated rings. The van der Waals surface area contributed by atoms with Gasteiger partial charge >= 0.3 is 0 Å². The van der Waals surface area contributed by atoms with Crippen LogP contribution in [0.3, 0.4) is 0 Å². The lowest BCUT2D eigenvalue weighted by atomic mass is 10.0. The first-order valence-electron chi connectivity index (χ1n) is 4.56. The summed E-state index contributed by atoms with van der Waals surface area (Å²) in [5.41, 5.74) is 7.85. The number of hydrogen-bond donors (Lipinski definition) is 2. The summed E-state index contributed by atoms with van der Waals surface area (Å²) in [6.45, 7) is 2.05. The monoisotopic (exact) mass is 196 g/mol. The lowest BCUT2D eigenvalue weighted by Crippen LogP contribution is -2.13. The van der Waals surface area contributed by atoms with E-state index in [1.54, 1.807) is 13.3 Å². The van der Waals surface area contributed by atoms with Crippen LogP contribution < -0.4 is 10.5 Å². The predicted octanol–water partition coefficient (Wildman–Crippen LogP) is 0.781. The van der Waals surface area contributed by atoms with Gasteiger partial charge in [-0.05, 0) is 24.5 Å². The van der Waals surface area contributed by atoms with E-state index in [-0.39, 0.29) is 12.6 Å². The van der Waals surface area contributed by atoms with Crippen molar-refractivity contribution in [3.8, 4) is 5.88 Å². The molecule has 0 aliphatic heterocycles. The van der Waals surface area contributed by atoms with Gasteiger partial charge < -0.3 is 15.6 Å². The van der Waals surface area contributed by atoms with Crippen molar-refractivity contribution in [3.05, 3.63) is 23.4 Å². The fourth-order valence-electron chi connectivity index (χ4n) is 1.34. The van der Waals surface area contributed by atoms with Crippen molar-refractivity contribution in [3.63, 3.8) is 0 Å². The van der Waals surface area contributed by atoms with E-state index >= 15 is 0 Å². The summed E-state index contributed by atoms with van der Waals surface area (Å²) >= 11 is 0. The molecule has 0 radical (unpaired) electrons. The number of aryl methyl sites for hydroxylation is 1. The Morgan fingerprint density at radius 1 is 1.64 bits per heavy atom. The molecule has 0 saturated heterocycles. The normalized spacial score (nSPS) is 12.6. The molecule has 14 heavy (non-hydrogen) atoms. The summed E-state index contributed by atoms with van der Waals surface area (Å²) < 4.78 is 4.99. The van der Waals surface area contributed by atoms with Crippen molar-refractivity contribution < 1.29 is 9.84 Å². The maximum absolute atomic E-state index is 8.76. The molecule has 0 aliphatic rings. The molecule has 1 aromatic rings. The average molecular weight is 196 g/mol. The highest BCUT2D eigenvalue weighted by Crippen LogP contribution is 2.20. The van der Waals surface area contributed by atoms with Gasteiger partial charge in [-0.2, -0.15) is 0 Å². The van der Waals surface area contributed by atoms with Gasteiger partial charge in [0.05, 0.1) is 7.11 Å². The minimum atomic E-state index is -0.154. The standard InChI is InChI=1S/C10H16N2O2/c1-7-5-10(14-2)12-6-8(7)9(11)3-4-13/h5-6,9,13H,3-4,11H2,1-2H3. The molecule has 0 spiro atoms. The lowest BCUT2D eigenvalue weighted by molar-refractivity contribution is 0.276. The molecule has 1 aromatic heterocycles. The van der Waals surface area contributed by atoms with Crippen LogP contribution in [0.25, 0.3) is 0 Å². The molecule has 1 heterocycles. The lowest BCUT2D eigenvalue weighted by Gasteiger charge is -2.13. The number of nitrogens with zero attached hydrogens (tertiary/aromatic N) is 1. The summed E-state index contributed by atoms with van der Waals surface area (Å²) in [5.74, 6) is 0.586. The number of aliphatic hydroxyl groups excluding tert-OH is 1. The van der Waals surface area contributed by atoms with Gasteiger partial charge in [0.15, 0.2) is 0 Å². The number of pyridine rings is 1. The van der Waals surface area contributed by atoms with Gasteiger partial charge in [-0.1, -0.05) is 0 Å². The third kappa shape index (κ3) is 2.43. The van der Waals surface area contributed by atoms with Gasteiger partial charge in [0.2, 0.25) is 5.88 Å². The van der Waals surface area contributed by atoms with E-state index in [1.807, 2.05) is 13.0 Å². The molecule has 3 N–H and O–H groups in total. The van der Waals surface area contributed by atoms with E-state index in [0.29, 0.717) is 12.3 Å². The summed E-state index contributed by atoms with van der Waals surface area (Å²) in [7, 11) is 1.58. The largest absolute Gasteiger partial charge is 0.481 e. The zero-order chi connectivity index (χ0) is 10.6. The topological polar surface area (TPSA) is 68.4 Å². The molecule has 1 rings (SSSR count). The number of rotatable bonds is 4. The molecule has 1 unspecified atom stereocenters. The molecular formula is C10H16N2O2. The number of nitrogens with two attached hydrogens (primary N) is 1. The third-order valence-electron chi connectivity index (χ3n) is 2.17. The van der Waals surface area contributed by atoms with E-state index in [0.717, 1.165) is 11.1 Å². The zero-order valence-electron chi connectivity index (χ0n) is 8.53. The summed E-state index contributed by atoms with van der Waals surface area (Å²) in [6, 6.07) is 1.69. The fraction of sp³-hybridized carbons (Fsp3) is 0.500. The number of hydrogen-bond acceptors (Lipinski definition) is 4. The molecule has 0 saturated carbocycles. The highest BCUT2D eigenvalue weighted by Gasteiger charge is 2.09. The van der Waals surface area contributed by atoms with Crippen molar-refractivity contribution in [2.45, 2.75) is 19.4 Å². The van der Waals surface area contributed by atoms with Crippen molar-refractivity contribution in [1.29, 1.82) is 0 Å². The number of ether oxygens (including phenoxy) is 1. The molecule has 4 nitrogen and oxygen atoms in total. The van der Waals surface area contributed by atoms with Crippen molar-refractivity contribution in [2.75, 3.05) is 13.7 Å². The fourth-order valence-corrected chi connectivity index (χ4v) is 1.34. The van der Waals surface area contributed by atoms with E-state index < -0.39 is 0 Å². The van der Waals surface area contributed by atoms with Crippen LogP contribution in [0.1, 0.15) is 23.6 Å².